The molecule has 0 saturated carbocycles. The maximum absolute atomic E-state index is 2.36. The van der Waals surface area contributed by atoms with Gasteiger partial charge in [0.25, 0.3) is 0 Å². The average molecular weight is 344 g/mol. The Morgan fingerprint density at radius 2 is 1.11 bits per heavy atom. The highest BCUT2D eigenvalue weighted by molar-refractivity contribution is 5.67. The molecule has 0 N–H and O–H groups in total. The first-order valence-corrected chi connectivity index (χ1v) is 9.71. The Hall–Kier alpha value is -3.12. The molecule has 0 spiro atoms. The lowest BCUT2D eigenvalue weighted by molar-refractivity contribution is 0.569. The van der Waals surface area contributed by atoms with Crippen molar-refractivity contribution in [1.82, 2.24) is 0 Å². The van der Waals surface area contributed by atoms with Gasteiger partial charge in [0.05, 0.1) is 0 Å². The minimum Gasteiger partial charge on any atom is -0.0622 e. The van der Waals surface area contributed by atoms with Crippen LogP contribution in [0.15, 0.2) is 103 Å². The molecule has 5 aliphatic rings. The van der Waals surface area contributed by atoms with Gasteiger partial charge in [0, 0.05) is 11.3 Å². The first-order valence-electron chi connectivity index (χ1n) is 9.71. The quantitative estimate of drug-likeness (QED) is 0.414. The van der Waals surface area contributed by atoms with E-state index in [0.717, 1.165) is 6.42 Å². The fourth-order valence-corrected chi connectivity index (χ4v) is 5.41. The molecule has 128 valence electrons. The van der Waals surface area contributed by atoms with Crippen LogP contribution < -0.4 is 0 Å². The first kappa shape index (κ1) is 15.0. The molecule has 0 unspecified atom stereocenters. The van der Waals surface area contributed by atoms with Crippen molar-refractivity contribution in [3.63, 3.8) is 0 Å². The third kappa shape index (κ3) is 1.93. The Balaban J connectivity index is 1.76. The molecule has 0 heteroatoms. The molecule has 0 atom stereocenters. The van der Waals surface area contributed by atoms with Crippen LogP contribution in [0.2, 0.25) is 0 Å². The van der Waals surface area contributed by atoms with E-state index in [4.69, 9.17) is 0 Å². The summed E-state index contributed by atoms with van der Waals surface area (Å²) in [4.78, 5) is 0. The van der Waals surface area contributed by atoms with Crippen molar-refractivity contribution < 1.29 is 0 Å². The Kier molecular flexibility index (Phi) is 3.02. The molecule has 0 aromatic heterocycles. The molecule has 4 bridgehead atoms. The summed E-state index contributed by atoms with van der Waals surface area (Å²) in [6, 6.07) is 38.5. The lowest BCUT2D eigenvalue weighted by Gasteiger charge is -2.46. The predicted octanol–water partition coefficient (Wildman–Crippen LogP) is 6.07. The zero-order chi connectivity index (χ0) is 17.8. The van der Waals surface area contributed by atoms with Crippen LogP contribution in [0.3, 0.4) is 0 Å². The summed E-state index contributed by atoms with van der Waals surface area (Å²) in [6.07, 6.45) is 0.980. The second-order valence-corrected chi connectivity index (χ2v) is 7.80. The summed E-state index contributed by atoms with van der Waals surface area (Å²) >= 11 is 0. The maximum Gasteiger partial charge on any atom is 0.0497 e. The summed E-state index contributed by atoms with van der Waals surface area (Å²) in [5.74, 6) is 0.329. The molecule has 4 aromatic carbocycles. The molecular weight excluding hydrogens is 324 g/mol. The van der Waals surface area contributed by atoms with Gasteiger partial charge >= 0.3 is 0 Å². The van der Waals surface area contributed by atoms with Crippen molar-refractivity contribution >= 4 is 0 Å². The molecule has 9 rings (SSSR count). The van der Waals surface area contributed by atoms with Crippen LogP contribution in [-0.2, 0) is 11.8 Å². The van der Waals surface area contributed by atoms with Gasteiger partial charge in [-0.25, -0.2) is 0 Å². The van der Waals surface area contributed by atoms with E-state index >= 15 is 0 Å². The predicted molar refractivity (Wildman–Crippen MR) is 110 cm³/mol. The zero-order valence-electron chi connectivity index (χ0n) is 15.1. The molecule has 4 aromatic rings. The van der Waals surface area contributed by atoms with E-state index in [2.05, 4.69) is 103 Å². The standard InChI is InChI=1S/C27H20/c1-2-8-19(9-3-1)18-27-21-16-14-20(15-17-21)26(22-10-4-6-12-24(22)27)23-11-5-7-13-25(23)27/h1-17,26H,18H2. The van der Waals surface area contributed by atoms with E-state index < -0.39 is 0 Å². The van der Waals surface area contributed by atoms with E-state index in [1.165, 1.54) is 38.9 Å². The van der Waals surface area contributed by atoms with Gasteiger partial charge in [-0.15, -0.1) is 0 Å². The number of hydrogen-bond acceptors (Lipinski definition) is 0. The third-order valence-electron chi connectivity index (χ3n) is 6.51. The first-order chi connectivity index (χ1) is 13.4. The van der Waals surface area contributed by atoms with Crippen molar-refractivity contribution in [1.29, 1.82) is 0 Å². The molecule has 0 aliphatic heterocycles. The largest absolute Gasteiger partial charge is 0.0622 e. The average Bonchev–Trinajstić information content (AvgIpc) is 2.73. The molecule has 0 heterocycles. The molecular formula is C27H20. The summed E-state index contributed by atoms with van der Waals surface area (Å²) < 4.78 is 0. The van der Waals surface area contributed by atoms with E-state index in [0.29, 0.717) is 5.92 Å². The van der Waals surface area contributed by atoms with Crippen LogP contribution in [0.5, 0.6) is 0 Å². The van der Waals surface area contributed by atoms with Crippen molar-refractivity contribution in [2.24, 2.45) is 0 Å². The van der Waals surface area contributed by atoms with Gasteiger partial charge in [0.15, 0.2) is 0 Å². The fourth-order valence-electron chi connectivity index (χ4n) is 5.41. The van der Waals surface area contributed by atoms with Gasteiger partial charge in [-0.3, -0.25) is 0 Å². The molecule has 27 heavy (non-hydrogen) atoms. The molecule has 0 nitrogen and oxygen atoms in total. The lowest BCUT2D eigenvalue weighted by atomic mass is 9.56. The third-order valence-corrected chi connectivity index (χ3v) is 6.51. The van der Waals surface area contributed by atoms with Crippen molar-refractivity contribution in [3.05, 3.63) is 142 Å². The topological polar surface area (TPSA) is 0 Å². The minimum absolute atomic E-state index is 0.135. The molecule has 0 saturated heterocycles. The second-order valence-electron chi connectivity index (χ2n) is 7.80. The van der Waals surface area contributed by atoms with Gasteiger partial charge in [0.2, 0.25) is 0 Å². The highest BCUT2D eigenvalue weighted by Gasteiger charge is 2.46. The summed E-state index contributed by atoms with van der Waals surface area (Å²) in [5, 5.41) is 0. The monoisotopic (exact) mass is 344 g/mol. The van der Waals surface area contributed by atoms with Crippen LogP contribution in [0.1, 0.15) is 44.9 Å². The van der Waals surface area contributed by atoms with Gasteiger partial charge < -0.3 is 0 Å². The van der Waals surface area contributed by atoms with E-state index in [9.17, 15) is 0 Å². The molecule has 5 aliphatic carbocycles. The van der Waals surface area contributed by atoms with Gasteiger partial charge in [-0.05, 0) is 45.4 Å². The Bertz CT molecular complexity index is 1090. The summed E-state index contributed by atoms with van der Waals surface area (Å²) in [6.45, 7) is 0. The Morgan fingerprint density at radius 1 is 0.556 bits per heavy atom. The Morgan fingerprint density at radius 3 is 1.74 bits per heavy atom. The number of benzene rings is 4. The van der Waals surface area contributed by atoms with E-state index in [1.807, 2.05) is 0 Å². The zero-order valence-corrected chi connectivity index (χ0v) is 15.1. The molecule has 0 radical (unpaired) electrons. The molecule has 0 amide bonds. The fraction of sp³-hybridized carbons (Fsp3) is 0.111. The van der Waals surface area contributed by atoms with E-state index in [1.54, 1.807) is 0 Å². The summed E-state index contributed by atoms with van der Waals surface area (Å²) in [5.41, 5.74) is 9.91. The van der Waals surface area contributed by atoms with E-state index in [-0.39, 0.29) is 5.41 Å². The van der Waals surface area contributed by atoms with Crippen LogP contribution in [0.4, 0.5) is 0 Å². The normalized spacial score (nSPS) is 21.3. The van der Waals surface area contributed by atoms with Crippen LogP contribution in [0, 0.1) is 0 Å². The maximum atomic E-state index is 2.36. The SMILES string of the molecule is c1ccc(CC23c4ccc(cc4)C(c4ccccc42)c2ccccc23)cc1. The number of hydrogen-bond donors (Lipinski definition) is 0. The minimum atomic E-state index is -0.135. The lowest BCUT2D eigenvalue weighted by Crippen LogP contribution is -2.39. The second kappa shape index (κ2) is 5.44. The number of rotatable bonds is 2. The highest BCUT2D eigenvalue weighted by Crippen LogP contribution is 2.55. The van der Waals surface area contributed by atoms with Gasteiger partial charge in [-0.1, -0.05) is 103 Å². The smallest absolute Gasteiger partial charge is 0.0497 e. The van der Waals surface area contributed by atoms with Crippen LogP contribution in [0.25, 0.3) is 0 Å². The summed E-state index contributed by atoms with van der Waals surface area (Å²) in [7, 11) is 0. The van der Waals surface area contributed by atoms with Crippen LogP contribution >= 0.6 is 0 Å². The van der Waals surface area contributed by atoms with Crippen LogP contribution in [-0.4, -0.2) is 0 Å². The highest BCUT2D eigenvalue weighted by atomic mass is 14.5. The molecule has 0 fully saturated rings. The van der Waals surface area contributed by atoms with Crippen molar-refractivity contribution in [3.8, 4) is 0 Å². The van der Waals surface area contributed by atoms with Crippen molar-refractivity contribution in [2.75, 3.05) is 0 Å². The van der Waals surface area contributed by atoms with Crippen molar-refractivity contribution in [2.45, 2.75) is 17.8 Å². The van der Waals surface area contributed by atoms with Gasteiger partial charge in [-0.2, -0.15) is 0 Å². The Labute approximate surface area is 160 Å². The van der Waals surface area contributed by atoms with Gasteiger partial charge in [0.1, 0.15) is 0 Å².